The molecule has 0 atom stereocenters. The molecule has 4 N–H and O–H groups in total. The predicted octanol–water partition coefficient (Wildman–Crippen LogP) is 0.370. The SMILES string of the molecule is Cc1[nH]nc(C(=O)NCC(C)(C)N(C)C)c1N. The van der Waals surface area contributed by atoms with Crippen LogP contribution in [0.4, 0.5) is 5.69 Å². The number of nitrogens with one attached hydrogen (secondary N) is 2. The van der Waals surface area contributed by atoms with Gasteiger partial charge in [0.25, 0.3) is 5.91 Å². The molecule has 0 spiro atoms. The van der Waals surface area contributed by atoms with Crippen LogP contribution in [-0.2, 0) is 0 Å². The van der Waals surface area contributed by atoms with Crippen LogP contribution in [0.1, 0.15) is 30.0 Å². The first-order valence-electron chi connectivity index (χ1n) is 5.52. The van der Waals surface area contributed by atoms with Crippen LogP contribution in [-0.4, -0.2) is 47.2 Å². The number of rotatable bonds is 4. The van der Waals surface area contributed by atoms with Gasteiger partial charge in [-0.05, 0) is 34.9 Å². The molecule has 1 aromatic heterocycles. The second kappa shape index (κ2) is 4.75. The summed E-state index contributed by atoms with van der Waals surface area (Å²) in [6, 6.07) is 0. The number of likely N-dealkylation sites (N-methyl/N-ethyl adjacent to an activating group) is 1. The number of nitrogens with two attached hydrogens (primary N) is 1. The molecule has 1 heterocycles. The van der Waals surface area contributed by atoms with Gasteiger partial charge in [0, 0.05) is 12.1 Å². The van der Waals surface area contributed by atoms with E-state index in [1.165, 1.54) is 0 Å². The standard InChI is InChI=1S/C11H21N5O/c1-7-8(12)9(15-14-7)10(17)13-6-11(2,3)16(4)5/h6,12H2,1-5H3,(H,13,17)(H,14,15). The van der Waals surface area contributed by atoms with Crippen LogP contribution < -0.4 is 11.1 Å². The molecule has 6 nitrogen and oxygen atoms in total. The van der Waals surface area contributed by atoms with Gasteiger partial charge in [-0.15, -0.1) is 0 Å². The highest BCUT2D eigenvalue weighted by Gasteiger charge is 2.23. The highest BCUT2D eigenvalue weighted by atomic mass is 16.2. The van der Waals surface area contributed by atoms with Gasteiger partial charge in [0.15, 0.2) is 5.69 Å². The fourth-order valence-electron chi connectivity index (χ4n) is 1.15. The second-order valence-corrected chi connectivity index (χ2v) is 5.00. The van der Waals surface area contributed by atoms with Crippen LogP contribution >= 0.6 is 0 Å². The molecule has 1 amide bonds. The zero-order chi connectivity index (χ0) is 13.2. The highest BCUT2D eigenvalue weighted by molar-refractivity contribution is 5.97. The first-order valence-corrected chi connectivity index (χ1v) is 5.52. The number of nitrogen functional groups attached to an aromatic ring is 1. The summed E-state index contributed by atoms with van der Waals surface area (Å²) in [7, 11) is 3.94. The molecule has 0 unspecified atom stereocenters. The van der Waals surface area contributed by atoms with E-state index in [1.54, 1.807) is 6.92 Å². The Morgan fingerprint density at radius 3 is 2.53 bits per heavy atom. The van der Waals surface area contributed by atoms with Crippen molar-refractivity contribution in [3.05, 3.63) is 11.4 Å². The molecule has 17 heavy (non-hydrogen) atoms. The molecule has 0 saturated carbocycles. The Balaban J connectivity index is 2.66. The van der Waals surface area contributed by atoms with Crippen molar-refractivity contribution in [2.75, 3.05) is 26.4 Å². The molecule has 0 bridgehead atoms. The van der Waals surface area contributed by atoms with Crippen LogP contribution in [0.25, 0.3) is 0 Å². The Bertz CT molecular complexity index is 408. The van der Waals surface area contributed by atoms with Crippen LogP contribution in [0.15, 0.2) is 0 Å². The number of hydrogen-bond acceptors (Lipinski definition) is 4. The summed E-state index contributed by atoms with van der Waals surface area (Å²) < 4.78 is 0. The molecule has 0 radical (unpaired) electrons. The van der Waals surface area contributed by atoms with Gasteiger partial charge in [-0.25, -0.2) is 0 Å². The fourth-order valence-corrected chi connectivity index (χ4v) is 1.15. The third-order valence-electron chi connectivity index (χ3n) is 3.10. The molecule has 1 aromatic rings. The number of aryl methyl sites for hydroxylation is 1. The van der Waals surface area contributed by atoms with Gasteiger partial charge in [0.1, 0.15) is 0 Å². The molecule has 0 saturated heterocycles. The molecule has 0 fully saturated rings. The molecular weight excluding hydrogens is 218 g/mol. The van der Waals surface area contributed by atoms with E-state index in [9.17, 15) is 4.79 Å². The largest absolute Gasteiger partial charge is 0.395 e. The van der Waals surface area contributed by atoms with Crippen molar-refractivity contribution in [3.8, 4) is 0 Å². The number of carbonyl (C=O) groups is 1. The first kappa shape index (κ1) is 13.5. The Morgan fingerprint density at radius 1 is 1.53 bits per heavy atom. The van der Waals surface area contributed by atoms with E-state index < -0.39 is 0 Å². The van der Waals surface area contributed by atoms with E-state index in [4.69, 9.17) is 5.73 Å². The van der Waals surface area contributed by atoms with Crippen LogP contribution in [0.5, 0.6) is 0 Å². The summed E-state index contributed by atoms with van der Waals surface area (Å²) in [6.07, 6.45) is 0. The quantitative estimate of drug-likeness (QED) is 0.708. The van der Waals surface area contributed by atoms with Gasteiger partial charge >= 0.3 is 0 Å². The smallest absolute Gasteiger partial charge is 0.274 e. The van der Waals surface area contributed by atoms with E-state index in [0.29, 0.717) is 17.9 Å². The maximum atomic E-state index is 11.9. The van der Waals surface area contributed by atoms with Crippen molar-refractivity contribution < 1.29 is 4.79 Å². The Kier molecular flexibility index (Phi) is 3.77. The normalized spacial score (nSPS) is 11.9. The summed E-state index contributed by atoms with van der Waals surface area (Å²) >= 11 is 0. The zero-order valence-corrected chi connectivity index (χ0v) is 11.1. The Hall–Kier alpha value is -1.56. The van der Waals surface area contributed by atoms with Crippen LogP contribution in [0, 0.1) is 6.92 Å². The number of H-pyrrole nitrogens is 1. The number of hydrogen-bond donors (Lipinski definition) is 3. The lowest BCUT2D eigenvalue weighted by Gasteiger charge is -2.32. The van der Waals surface area contributed by atoms with Crippen molar-refractivity contribution in [1.29, 1.82) is 0 Å². The van der Waals surface area contributed by atoms with Gasteiger partial charge in [0.05, 0.1) is 11.4 Å². The molecule has 96 valence electrons. The summed E-state index contributed by atoms with van der Waals surface area (Å²) in [4.78, 5) is 13.9. The number of aromatic amines is 1. The minimum Gasteiger partial charge on any atom is -0.395 e. The lowest BCUT2D eigenvalue weighted by molar-refractivity contribution is 0.0915. The van der Waals surface area contributed by atoms with Crippen LogP contribution in [0.2, 0.25) is 0 Å². The summed E-state index contributed by atoms with van der Waals surface area (Å²) in [6.45, 7) is 6.41. The third-order valence-corrected chi connectivity index (χ3v) is 3.10. The number of aromatic nitrogens is 2. The minimum atomic E-state index is -0.248. The molecule has 0 aliphatic rings. The van der Waals surface area contributed by atoms with E-state index in [1.807, 2.05) is 32.8 Å². The molecular formula is C11H21N5O. The number of nitrogens with zero attached hydrogens (tertiary/aromatic N) is 2. The van der Waals surface area contributed by atoms with Crippen molar-refractivity contribution in [2.45, 2.75) is 26.3 Å². The monoisotopic (exact) mass is 239 g/mol. The zero-order valence-electron chi connectivity index (χ0n) is 11.1. The average Bonchev–Trinajstić information content (AvgIpc) is 2.56. The van der Waals surface area contributed by atoms with Crippen molar-refractivity contribution in [1.82, 2.24) is 20.4 Å². The average molecular weight is 239 g/mol. The van der Waals surface area contributed by atoms with E-state index >= 15 is 0 Å². The van der Waals surface area contributed by atoms with Crippen molar-refractivity contribution in [3.63, 3.8) is 0 Å². The lowest BCUT2D eigenvalue weighted by atomic mass is 10.0. The molecule has 0 aliphatic carbocycles. The second-order valence-electron chi connectivity index (χ2n) is 5.00. The van der Waals surface area contributed by atoms with Crippen molar-refractivity contribution in [2.24, 2.45) is 0 Å². The maximum Gasteiger partial charge on any atom is 0.274 e. The van der Waals surface area contributed by atoms with Crippen LogP contribution in [0.3, 0.4) is 0 Å². The van der Waals surface area contributed by atoms with E-state index in [-0.39, 0.29) is 17.1 Å². The van der Waals surface area contributed by atoms with E-state index in [0.717, 1.165) is 0 Å². The first-order chi connectivity index (χ1) is 7.75. The third kappa shape index (κ3) is 2.97. The number of anilines is 1. The molecule has 1 rings (SSSR count). The topological polar surface area (TPSA) is 87.0 Å². The molecule has 0 aliphatic heterocycles. The number of amides is 1. The summed E-state index contributed by atoms with van der Waals surface area (Å²) in [5.74, 6) is -0.248. The molecule has 0 aromatic carbocycles. The van der Waals surface area contributed by atoms with Gasteiger partial charge in [0.2, 0.25) is 0 Å². The maximum absolute atomic E-state index is 11.9. The van der Waals surface area contributed by atoms with Gasteiger partial charge in [-0.1, -0.05) is 0 Å². The summed E-state index contributed by atoms with van der Waals surface area (Å²) in [5, 5.41) is 9.41. The van der Waals surface area contributed by atoms with Gasteiger partial charge in [-0.3, -0.25) is 9.89 Å². The van der Waals surface area contributed by atoms with E-state index in [2.05, 4.69) is 15.5 Å². The fraction of sp³-hybridized carbons (Fsp3) is 0.636. The van der Waals surface area contributed by atoms with Gasteiger partial charge < -0.3 is 16.0 Å². The highest BCUT2D eigenvalue weighted by Crippen LogP contribution is 2.13. The van der Waals surface area contributed by atoms with Crippen molar-refractivity contribution >= 4 is 11.6 Å². The molecule has 6 heteroatoms. The predicted molar refractivity (Wildman–Crippen MR) is 67.8 cm³/mol. The Labute approximate surface area is 102 Å². The lowest BCUT2D eigenvalue weighted by Crippen LogP contribution is -2.48. The Morgan fingerprint density at radius 2 is 2.12 bits per heavy atom. The minimum absolute atomic E-state index is 0.115. The van der Waals surface area contributed by atoms with Gasteiger partial charge in [-0.2, -0.15) is 5.10 Å². The summed E-state index contributed by atoms with van der Waals surface area (Å²) in [5.41, 5.74) is 7.00. The number of carbonyl (C=O) groups excluding carboxylic acids is 1.